The van der Waals surface area contributed by atoms with Crippen LogP contribution in [0.15, 0.2) is 48.5 Å². The molecule has 2 N–H and O–H groups in total. The van der Waals surface area contributed by atoms with Crippen molar-refractivity contribution in [3.05, 3.63) is 74.8 Å². The summed E-state index contributed by atoms with van der Waals surface area (Å²) >= 11 is 6.08. The van der Waals surface area contributed by atoms with E-state index in [1.807, 2.05) is 32.0 Å². The Hall–Kier alpha value is -2.97. The molecular formula is C25H31ClN4O4. The number of carbonyl (C=O) groups is 2. The Kier molecular flexibility index (Phi) is 9.01. The normalized spacial score (nSPS) is 17.2. The van der Waals surface area contributed by atoms with Crippen LogP contribution in [-0.4, -0.2) is 46.8 Å². The van der Waals surface area contributed by atoms with Crippen molar-refractivity contribution in [2.75, 3.05) is 13.1 Å². The summed E-state index contributed by atoms with van der Waals surface area (Å²) in [6.07, 6.45) is 3.26. The van der Waals surface area contributed by atoms with Gasteiger partial charge in [0.1, 0.15) is 6.04 Å². The number of likely N-dealkylation sites (tertiary alicyclic amines) is 1. The first kappa shape index (κ1) is 25.6. The topological polar surface area (TPSA) is 105 Å². The van der Waals surface area contributed by atoms with Crippen LogP contribution in [0.25, 0.3) is 0 Å². The summed E-state index contributed by atoms with van der Waals surface area (Å²) in [5.41, 5.74) is 1.13. The Morgan fingerprint density at radius 2 is 1.91 bits per heavy atom. The van der Waals surface area contributed by atoms with Crippen LogP contribution in [-0.2, 0) is 11.3 Å². The predicted octanol–water partition coefficient (Wildman–Crippen LogP) is 4.17. The maximum atomic E-state index is 13.0. The van der Waals surface area contributed by atoms with Gasteiger partial charge in [-0.05, 0) is 36.9 Å². The quantitative estimate of drug-likeness (QED) is 0.409. The number of non-ortho nitro benzene ring substituents is 1. The zero-order valence-corrected chi connectivity index (χ0v) is 20.3. The van der Waals surface area contributed by atoms with Gasteiger partial charge in [-0.3, -0.25) is 24.6 Å². The minimum atomic E-state index is -0.759. The summed E-state index contributed by atoms with van der Waals surface area (Å²) in [6.45, 7) is 6.03. The summed E-state index contributed by atoms with van der Waals surface area (Å²) in [6, 6.07) is 13.4. The monoisotopic (exact) mass is 486 g/mol. The number of carbonyl (C=O) groups excluding carboxylic acids is 2. The zero-order chi connectivity index (χ0) is 24.7. The van der Waals surface area contributed by atoms with Crippen molar-refractivity contribution < 1.29 is 14.5 Å². The third kappa shape index (κ3) is 6.77. The van der Waals surface area contributed by atoms with Gasteiger partial charge < -0.3 is 10.6 Å². The van der Waals surface area contributed by atoms with E-state index in [1.54, 1.807) is 0 Å². The van der Waals surface area contributed by atoms with E-state index in [2.05, 4.69) is 27.7 Å². The number of nitrogens with zero attached hydrogens (tertiary/aromatic N) is 2. The number of benzene rings is 2. The maximum Gasteiger partial charge on any atom is 0.270 e. The molecule has 34 heavy (non-hydrogen) atoms. The summed E-state index contributed by atoms with van der Waals surface area (Å²) in [4.78, 5) is 38.5. The van der Waals surface area contributed by atoms with Crippen molar-refractivity contribution in [3.63, 3.8) is 0 Å². The molecule has 1 saturated heterocycles. The number of nitrogens with one attached hydrogen (secondary N) is 2. The number of rotatable bonds is 9. The lowest BCUT2D eigenvalue weighted by Crippen LogP contribution is -2.53. The number of piperidine rings is 1. The average molecular weight is 487 g/mol. The van der Waals surface area contributed by atoms with Crippen LogP contribution < -0.4 is 10.6 Å². The molecule has 0 radical (unpaired) electrons. The van der Waals surface area contributed by atoms with Crippen molar-refractivity contribution in [1.29, 1.82) is 0 Å². The van der Waals surface area contributed by atoms with E-state index in [4.69, 9.17) is 11.6 Å². The van der Waals surface area contributed by atoms with Gasteiger partial charge in [-0.25, -0.2) is 0 Å². The average Bonchev–Trinajstić information content (AvgIpc) is 2.82. The maximum absolute atomic E-state index is 13.0. The minimum Gasteiger partial charge on any atom is -0.353 e. The smallest absolute Gasteiger partial charge is 0.270 e. The van der Waals surface area contributed by atoms with Gasteiger partial charge >= 0.3 is 0 Å². The number of hydrogen-bond donors (Lipinski definition) is 2. The number of hydrogen-bond acceptors (Lipinski definition) is 5. The molecule has 0 spiro atoms. The highest BCUT2D eigenvalue weighted by Crippen LogP contribution is 2.23. The van der Waals surface area contributed by atoms with Gasteiger partial charge in [-0.15, -0.1) is 0 Å². The number of nitro benzene ring substituents is 1. The third-order valence-corrected chi connectivity index (χ3v) is 6.45. The van der Waals surface area contributed by atoms with Gasteiger partial charge in [-0.1, -0.05) is 62.2 Å². The fourth-order valence-electron chi connectivity index (χ4n) is 4.20. The standard InChI is InChI=1S/C25H31ClN4O4/c1-17(2)23(28-24(31)21-12-11-19(30(33)34)14-22(21)26)25(32)27-15-20-10-6-7-13-29(20)16-18-8-4-3-5-9-18/h3-5,8-9,11-12,14,17,20,23H,6-7,10,13,15-16H2,1-2H3,(H,27,32)(H,28,31). The van der Waals surface area contributed by atoms with Crippen molar-refractivity contribution in [2.45, 2.75) is 51.7 Å². The molecule has 2 aromatic carbocycles. The second-order valence-corrected chi connectivity index (χ2v) is 9.37. The van der Waals surface area contributed by atoms with Crippen molar-refractivity contribution in [3.8, 4) is 0 Å². The van der Waals surface area contributed by atoms with Gasteiger partial charge in [0.05, 0.1) is 15.5 Å². The first-order chi connectivity index (χ1) is 16.3. The molecule has 2 unspecified atom stereocenters. The van der Waals surface area contributed by atoms with Crippen LogP contribution in [0.1, 0.15) is 49.0 Å². The largest absolute Gasteiger partial charge is 0.353 e. The van der Waals surface area contributed by atoms with Gasteiger partial charge in [0, 0.05) is 31.3 Å². The Balaban J connectivity index is 1.62. The molecule has 2 amide bonds. The summed E-state index contributed by atoms with van der Waals surface area (Å²) in [5.74, 6) is -0.962. The molecule has 1 aliphatic heterocycles. The molecule has 3 rings (SSSR count). The van der Waals surface area contributed by atoms with Crippen LogP contribution in [0, 0.1) is 16.0 Å². The lowest BCUT2D eigenvalue weighted by molar-refractivity contribution is -0.384. The Bertz CT molecular complexity index is 1020. The van der Waals surface area contributed by atoms with Gasteiger partial charge in [-0.2, -0.15) is 0 Å². The molecule has 0 aromatic heterocycles. The fraction of sp³-hybridized carbons (Fsp3) is 0.440. The molecule has 1 fully saturated rings. The molecule has 0 aliphatic carbocycles. The van der Waals surface area contributed by atoms with Crippen molar-refractivity contribution >= 4 is 29.1 Å². The first-order valence-electron chi connectivity index (χ1n) is 11.6. The molecule has 8 nitrogen and oxygen atoms in total. The Labute approximate surface area is 204 Å². The first-order valence-corrected chi connectivity index (χ1v) is 11.9. The minimum absolute atomic E-state index is 0.0339. The highest BCUT2D eigenvalue weighted by molar-refractivity contribution is 6.34. The lowest BCUT2D eigenvalue weighted by Gasteiger charge is -2.36. The second-order valence-electron chi connectivity index (χ2n) is 8.97. The molecule has 1 heterocycles. The third-order valence-electron chi connectivity index (χ3n) is 6.13. The van der Waals surface area contributed by atoms with Gasteiger partial charge in [0.25, 0.3) is 11.6 Å². The van der Waals surface area contributed by atoms with Gasteiger partial charge in [0.15, 0.2) is 0 Å². The summed E-state index contributed by atoms with van der Waals surface area (Å²) < 4.78 is 0. The second kappa shape index (κ2) is 11.9. The highest BCUT2D eigenvalue weighted by Gasteiger charge is 2.28. The van der Waals surface area contributed by atoms with E-state index < -0.39 is 16.9 Å². The van der Waals surface area contributed by atoms with Crippen molar-refractivity contribution in [1.82, 2.24) is 15.5 Å². The van der Waals surface area contributed by atoms with E-state index in [1.165, 1.54) is 17.7 Å². The Morgan fingerprint density at radius 1 is 1.18 bits per heavy atom. The van der Waals surface area contributed by atoms with Gasteiger partial charge in [0.2, 0.25) is 5.91 Å². The molecule has 0 bridgehead atoms. The molecule has 182 valence electrons. The summed E-state index contributed by atoms with van der Waals surface area (Å²) in [7, 11) is 0. The predicted molar refractivity (Wildman–Crippen MR) is 132 cm³/mol. The highest BCUT2D eigenvalue weighted by atomic mass is 35.5. The van der Waals surface area contributed by atoms with E-state index in [0.717, 1.165) is 38.4 Å². The molecular weight excluding hydrogens is 456 g/mol. The van der Waals surface area contributed by atoms with Crippen molar-refractivity contribution in [2.24, 2.45) is 5.92 Å². The number of amides is 2. The van der Waals surface area contributed by atoms with Crippen LogP contribution in [0.3, 0.4) is 0 Å². The Morgan fingerprint density at radius 3 is 2.56 bits per heavy atom. The van der Waals surface area contributed by atoms with E-state index in [0.29, 0.717) is 6.54 Å². The summed E-state index contributed by atoms with van der Waals surface area (Å²) in [5, 5.41) is 16.6. The fourth-order valence-corrected chi connectivity index (χ4v) is 4.46. The SMILES string of the molecule is CC(C)C(NC(=O)c1ccc([N+](=O)[O-])cc1Cl)C(=O)NCC1CCCCN1Cc1ccccc1. The molecule has 2 atom stereocenters. The molecule has 2 aromatic rings. The molecule has 9 heteroatoms. The van der Waals surface area contributed by atoms with Crippen LogP contribution in [0.2, 0.25) is 5.02 Å². The van der Waals surface area contributed by atoms with E-state index in [-0.39, 0.29) is 34.1 Å². The number of nitro groups is 1. The number of halogens is 1. The van der Waals surface area contributed by atoms with Crippen LogP contribution in [0.5, 0.6) is 0 Å². The van der Waals surface area contributed by atoms with E-state index in [9.17, 15) is 19.7 Å². The van der Waals surface area contributed by atoms with Crippen LogP contribution >= 0.6 is 11.6 Å². The lowest BCUT2D eigenvalue weighted by atomic mass is 9.99. The van der Waals surface area contributed by atoms with Crippen LogP contribution in [0.4, 0.5) is 5.69 Å². The molecule has 1 aliphatic rings. The molecule has 0 saturated carbocycles. The van der Waals surface area contributed by atoms with E-state index >= 15 is 0 Å². The zero-order valence-electron chi connectivity index (χ0n) is 19.5.